The van der Waals surface area contributed by atoms with Gasteiger partial charge in [0.1, 0.15) is 11.5 Å². The van der Waals surface area contributed by atoms with E-state index < -0.39 is 0 Å². The molecule has 2 N–H and O–H groups in total. The van der Waals surface area contributed by atoms with Crippen LogP contribution in [-0.2, 0) is 0 Å². The highest BCUT2D eigenvalue weighted by atomic mass is 32.1. The maximum Gasteiger partial charge on any atom is 0.257 e. The summed E-state index contributed by atoms with van der Waals surface area (Å²) in [5.41, 5.74) is 1.27. The molecule has 0 saturated carbocycles. The van der Waals surface area contributed by atoms with Crippen LogP contribution in [0.2, 0.25) is 0 Å². The van der Waals surface area contributed by atoms with Crippen LogP contribution in [-0.4, -0.2) is 23.7 Å². The molecule has 144 valence electrons. The van der Waals surface area contributed by atoms with Crippen molar-refractivity contribution in [3.8, 4) is 11.5 Å². The van der Waals surface area contributed by atoms with Crippen LogP contribution in [0.3, 0.4) is 0 Å². The maximum atomic E-state index is 12.3. The molecule has 0 radical (unpaired) electrons. The van der Waals surface area contributed by atoms with E-state index >= 15 is 0 Å². The first-order chi connectivity index (χ1) is 13.0. The van der Waals surface area contributed by atoms with Crippen LogP contribution in [0.15, 0.2) is 48.5 Å². The lowest BCUT2D eigenvalue weighted by Crippen LogP contribution is -2.34. The number of hydrogen-bond donors (Lipinski definition) is 2. The van der Waals surface area contributed by atoms with Crippen molar-refractivity contribution in [3.63, 3.8) is 0 Å². The van der Waals surface area contributed by atoms with Crippen LogP contribution < -0.4 is 20.1 Å². The second kappa shape index (κ2) is 10.5. The van der Waals surface area contributed by atoms with E-state index in [1.54, 1.807) is 24.3 Å². The fraction of sp³-hybridized carbons (Fsp3) is 0.333. The summed E-state index contributed by atoms with van der Waals surface area (Å²) in [6, 6.07) is 14.5. The van der Waals surface area contributed by atoms with Crippen molar-refractivity contribution in [1.29, 1.82) is 0 Å². The third-order valence-corrected chi connectivity index (χ3v) is 4.02. The molecule has 0 aliphatic carbocycles. The van der Waals surface area contributed by atoms with Crippen LogP contribution in [0.1, 0.15) is 44.0 Å². The number of hydrogen-bond acceptors (Lipinski definition) is 4. The molecule has 1 amide bonds. The van der Waals surface area contributed by atoms with Gasteiger partial charge in [-0.3, -0.25) is 10.1 Å². The van der Waals surface area contributed by atoms with Gasteiger partial charge in [0.15, 0.2) is 5.11 Å². The van der Waals surface area contributed by atoms with Crippen LogP contribution >= 0.6 is 12.2 Å². The molecule has 0 heterocycles. The Kier molecular flexibility index (Phi) is 8.07. The first kappa shape index (κ1) is 20.7. The highest BCUT2D eigenvalue weighted by Gasteiger charge is 2.09. The first-order valence-electron chi connectivity index (χ1n) is 9.13. The largest absolute Gasteiger partial charge is 0.494 e. The zero-order valence-corrected chi connectivity index (χ0v) is 16.8. The molecule has 1 atom stereocenters. The fourth-order valence-electron chi connectivity index (χ4n) is 2.22. The molecule has 0 fully saturated rings. The summed E-state index contributed by atoms with van der Waals surface area (Å²) >= 11 is 5.23. The maximum absolute atomic E-state index is 12.3. The molecule has 2 aromatic carbocycles. The second-order valence-electron chi connectivity index (χ2n) is 6.15. The Hall–Kier alpha value is -2.60. The van der Waals surface area contributed by atoms with Crippen LogP contribution in [0.25, 0.3) is 0 Å². The van der Waals surface area contributed by atoms with Gasteiger partial charge in [0.25, 0.3) is 5.91 Å². The summed E-state index contributed by atoms with van der Waals surface area (Å²) < 4.78 is 11.3. The quantitative estimate of drug-likeness (QED) is 0.640. The standard InChI is InChI=1S/C21H26N2O3S/c1-4-13-25-19-8-6-7-17(14-19)22-21(27)23-20(24)16-9-11-18(12-10-16)26-15(3)5-2/h6-12,14-15H,4-5,13H2,1-3H3,(H2,22,23,24,27). The molecule has 0 aromatic heterocycles. The van der Waals surface area contributed by atoms with E-state index in [-0.39, 0.29) is 17.1 Å². The number of carbonyl (C=O) groups excluding carboxylic acids is 1. The van der Waals surface area contributed by atoms with Crippen molar-refractivity contribution in [2.24, 2.45) is 0 Å². The van der Waals surface area contributed by atoms with E-state index in [0.29, 0.717) is 12.2 Å². The normalized spacial score (nSPS) is 11.4. The van der Waals surface area contributed by atoms with E-state index in [2.05, 4.69) is 24.5 Å². The molecule has 1 unspecified atom stereocenters. The summed E-state index contributed by atoms with van der Waals surface area (Å²) in [4.78, 5) is 12.3. The molecule has 5 nitrogen and oxygen atoms in total. The Labute approximate surface area is 166 Å². The molecule has 2 rings (SSSR count). The van der Waals surface area contributed by atoms with E-state index in [1.807, 2.05) is 31.2 Å². The lowest BCUT2D eigenvalue weighted by molar-refractivity contribution is 0.0977. The highest BCUT2D eigenvalue weighted by Crippen LogP contribution is 2.18. The van der Waals surface area contributed by atoms with Gasteiger partial charge >= 0.3 is 0 Å². The Morgan fingerprint density at radius 2 is 1.85 bits per heavy atom. The third kappa shape index (κ3) is 6.90. The van der Waals surface area contributed by atoms with Gasteiger partial charge in [0.2, 0.25) is 0 Å². The minimum atomic E-state index is -0.277. The number of ether oxygens (including phenoxy) is 2. The van der Waals surface area contributed by atoms with E-state index in [9.17, 15) is 4.79 Å². The average Bonchev–Trinajstić information content (AvgIpc) is 2.67. The van der Waals surface area contributed by atoms with E-state index in [4.69, 9.17) is 21.7 Å². The summed E-state index contributed by atoms with van der Waals surface area (Å²) in [6.45, 7) is 6.77. The van der Waals surface area contributed by atoms with Crippen LogP contribution in [0.4, 0.5) is 5.69 Å². The van der Waals surface area contributed by atoms with Crippen LogP contribution in [0, 0.1) is 0 Å². The number of anilines is 1. The molecular weight excluding hydrogens is 360 g/mol. The summed E-state index contributed by atoms with van der Waals surface area (Å²) in [5.74, 6) is 1.22. The minimum Gasteiger partial charge on any atom is -0.494 e. The zero-order chi connectivity index (χ0) is 19.6. The van der Waals surface area contributed by atoms with E-state index in [0.717, 1.165) is 30.0 Å². The van der Waals surface area contributed by atoms with Gasteiger partial charge in [-0.05, 0) is 68.4 Å². The van der Waals surface area contributed by atoms with Crippen molar-refractivity contribution in [2.45, 2.75) is 39.7 Å². The van der Waals surface area contributed by atoms with Gasteiger partial charge in [-0.25, -0.2) is 0 Å². The van der Waals surface area contributed by atoms with Crippen molar-refractivity contribution in [1.82, 2.24) is 5.32 Å². The lowest BCUT2D eigenvalue weighted by Gasteiger charge is -2.13. The lowest BCUT2D eigenvalue weighted by atomic mass is 10.2. The Morgan fingerprint density at radius 3 is 2.52 bits per heavy atom. The molecule has 27 heavy (non-hydrogen) atoms. The van der Waals surface area contributed by atoms with Crippen molar-refractivity contribution >= 4 is 28.9 Å². The zero-order valence-electron chi connectivity index (χ0n) is 16.0. The Bertz CT molecular complexity index is 762. The van der Waals surface area contributed by atoms with E-state index in [1.165, 1.54) is 0 Å². The number of thiocarbonyl (C=S) groups is 1. The van der Waals surface area contributed by atoms with Crippen molar-refractivity contribution in [3.05, 3.63) is 54.1 Å². The topological polar surface area (TPSA) is 59.6 Å². The molecule has 0 aliphatic rings. The van der Waals surface area contributed by atoms with Gasteiger partial charge in [0.05, 0.1) is 12.7 Å². The predicted molar refractivity (Wildman–Crippen MR) is 113 cm³/mol. The van der Waals surface area contributed by atoms with Crippen molar-refractivity contribution in [2.75, 3.05) is 11.9 Å². The second-order valence-corrected chi connectivity index (χ2v) is 6.55. The molecule has 0 bridgehead atoms. The Balaban J connectivity index is 1.90. The Morgan fingerprint density at radius 1 is 1.11 bits per heavy atom. The fourth-order valence-corrected chi connectivity index (χ4v) is 2.43. The third-order valence-electron chi connectivity index (χ3n) is 3.82. The highest BCUT2D eigenvalue weighted by molar-refractivity contribution is 7.80. The summed E-state index contributed by atoms with van der Waals surface area (Å²) in [6.07, 6.45) is 2.00. The molecule has 6 heteroatoms. The average molecular weight is 387 g/mol. The van der Waals surface area contributed by atoms with Crippen LogP contribution in [0.5, 0.6) is 11.5 Å². The summed E-state index contributed by atoms with van der Waals surface area (Å²) in [5, 5.41) is 5.91. The van der Waals surface area contributed by atoms with Crippen molar-refractivity contribution < 1.29 is 14.3 Å². The van der Waals surface area contributed by atoms with Gasteiger partial charge in [0, 0.05) is 17.3 Å². The minimum absolute atomic E-state index is 0.138. The molecule has 0 spiro atoms. The predicted octanol–water partition coefficient (Wildman–Crippen LogP) is 4.78. The number of benzene rings is 2. The molecule has 2 aromatic rings. The van der Waals surface area contributed by atoms with Gasteiger partial charge in [-0.15, -0.1) is 0 Å². The molecular formula is C21H26N2O3S. The first-order valence-corrected chi connectivity index (χ1v) is 9.54. The molecule has 0 saturated heterocycles. The smallest absolute Gasteiger partial charge is 0.257 e. The monoisotopic (exact) mass is 386 g/mol. The van der Waals surface area contributed by atoms with Gasteiger partial charge < -0.3 is 14.8 Å². The number of carbonyl (C=O) groups is 1. The number of nitrogens with one attached hydrogen (secondary N) is 2. The van der Waals surface area contributed by atoms with Gasteiger partial charge in [-0.2, -0.15) is 0 Å². The van der Waals surface area contributed by atoms with Gasteiger partial charge in [-0.1, -0.05) is 19.9 Å². The number of amides is 1. The molecule has 0 aliphatic heterocycles. The summed E-state index contributed by atoms with van der Waals surface area (Å²) in [7, 11) is 0. The SMILES string of the molecule is CCCOc1cccc(NC(=S)NC(=O)c2ccc(OC(C)CC)cc2)c1. The number of rotatable bonds is 8.